The van der Waals surface area contributed by atoms with E-state index < -0.39 is 5.97 Å². The molecule has 1 heterocycles. The van der Waals surface area contributed by atoms with Gasteiger partial charge in [-0.1, -0.05) is 0 Å². The van der Waals surface area contributed by atoms with Crippen LogP contribution in [-0.4, -0.2) is 29.1 Å². The number of hydrogen-bond donors (Lipinski definition) is 2. The molecule has 1 amide bonds. The Bertz CT molecular complexity index is 504. The summed E-state index contributed by atoms with van der Waals surface area (Å²) in [4.78, 5) is 26.8. The lowest BCUT2D eigenvalue weighted by Crippen LogP contribution is -2.29. The molecule has 0 saturated heterocycles. The Hall–Kier alpha value is -2.11. The summed E-state index contributed by atoms with van der Waals surface area (Å²) in [5.74, 6) is -0.959. The highest BCUT2D eigenvalue weighted by Crippen LogP contribution is 2.31. The van der Waals surface area contributed by atoms with Crippen LogP contribution in [0.2, 0.25) is 0 Å². The number of nitrogens with zero attached hydrogens (tertiary/aromatic N) is 1. The van der Waals surface area contributed by atoms with Gasteiger partial charge in [0.2, 0.25) is 11.8 Å². The van der Waals surface area contributed by atoms with Gasteiger partial charge in [0.15, 0.2) is 0 Å². The third kappa shape index (κ3) is 3.46. The van der Waals surface area contributed by atoms with Crippen LogP contribution in [0.25, 0.3) is 0 Å². The highest BCUT2D eigenvalue weighted by molar-refractivity contribution is 5.80. The molecule has 2 atom stereocenters. The molecule has 2 unspecified atom stereocenters. The zero-order valence-electron chi connectivity index (χ0n) is 11.3. The summed E-state index contributed by atoms with van der Waals surface area (Å²) in [6.45, 7) is 0.395. The van der Waals surface area contributed by atoms with Crippen LogP contribution in [0.15, 0.2) is 18.3 Å². The summed E-state index contributed by atoms with van der Waals surface area (Å²) in [5, 5.41) is 11.8. The number of methoxy groups -OCH3 is 1. The minimum absolute atomic E-state index is 0.0791. The molecule has 0 spiro atoms. The van der Waals surface area contributed by atoms with E-state index in [4.69, 9.17) is 9.84 Å². The number of hydrogen-bond acceptors (Lipinski definition) is 4. The number of amides is 1. The lowest BCUT2D eigenvalue weighted by atomic mass is 10.0. The summed E-state index contributed by atoms with van der Waals surface area (Å²) in [7, 11) is 1.54. The molecule has 1 aromatic rings. The molecular formula is C14H18N2O4. The second-order valence-electron chi connectivity index (χ2n) is 4.97. The molecule has 1 saturated carbocycles. The van der Waals surface area contributed by atoms with E-state index in [9.17, 15) is 9.59 Å². The number of pyridine rings is 1. The van der Waals surface area contributed by atoms with Crippen LogP contribution in [0.1, 0.15) is 24.8 Å². The predicted octanol–water partition coefficient (Wildman–Crippen LogP) is 1.21. The molecule has 2 rings (SSSR count). The molecule has 6 heteroatoms. The normalized spacial score (nSPS) is 21.4. The molecule has 1 aliphatic carbocycles. The first-order chi connectivity index (χ1) is 9.60. The monoisotopic (exact) mass is 278 g/mol. The first-order valence-corrected chi connectivity index (χ1v) is 6.59. The van der Waals surface area contributed by atoms with Crippen molar-refractivity contribution >= 4 is 11.9 Å². The number of carbonyl (C=O) groups excluding carboxylic acids is 1. The molecule has 20 heavy (non-hydrogen) atoms. The number of nitrogens with one attached hydrogen (secondary N) is 1. The maximum Gasteiger partial charge on any atom is 0.306 e. The van der Waals surface area contributed by atoms with Gasteiger partial charge in [0.1, 0.15) is 0 Å². The second kappa shape index (κ2) is 6.36. The Kier molecular flexibility index (Phi) is 4.55. The molecule has 1 fully saturated rings. The Morgan fingerprint density at radius 1 is 1.45 bits per heavy atom. The molecule has 0 aliphatic heterocycles. The topological polar surface area (TPSA) is 88.5 Å². The predicted molar refractivity (Wildman–Crippen MR) is 71.1 cm³/mol. The van der Waals surface area contributed by atoms with E-state index in [1.807, 2.05) is 0 Å². The van der Waals surface area contributed by atoms with E-state index in [0.29, 0.717) is 31.7 Å². The van der Waals surface area contributed by atoms with Crippen LogP contribution in [0.3, 0.4) is 0 Å². The Morgan fingerprint density at radius 3 is 2.85 bits per heavy atom. The fourth-order valence-electron chi connectivity index (χ4n) is 2.45. The number of rotatable bonds is 5. The number of carbonyl (C=O) groups is 2. The summed E-state index contributed by atoms with van der Waals surface area (Å²) < 4.78 is 5.01. The summed E-state index contributed by atoms with van der Waals surface area (Å²) in [6.07, 6.45) is 3.27. The van der Waals surface area contributed by atoms with Gasteiger partial charge in [0.25, 0.3) is 0 Å². The van der Waals surface area contributed by atoms with Gasteiger partial charge < -0.3 is 15.2 Å². The summed E-state index contributed by atoms with van der Waals surface area (Å²) >= 11 is 0. The van der Waals surface area contributed by atoms with Crippen molar-refractivity contribution in [3.8, 4) is 5.88 Å². The van der Waals surface area contributed by atoms with Gasteiger partial charge in [0.05, 0.1) is 13.0 Å². The van der Waals surface area contributed by atoms with Crippen molar-refractivity contribution < 1.29 is 19.4 Å². The largest absolute Gasteiger partial charge is 0.481 e. The van der Waals surface area contributed by atoms with Gasteiger partial charge in [0, 0.05) is 24.7 Å². The second-order valence-corrected chi connectivity index (χ2v) is 4.97. The molecule has 108 valence electrons. The molecule has 0 bridgehead atoms. The van der Waals surface area contributed by atoms with E-state index in [0.717, 1.165) is 5.56 Å². The van der Waals surface area contributed by atoms with Gasteiger partial charge in [-0.25, -0.2) is 4.98 Å². The lowest BCUT2D eigenvalue weighted by Gasteiger charge is -2.11. The number of ether oxygens (including phenoxy) is 1. The molecule has 2 N–H and O–H groups in total. The quantitative estimate of drug-likeness (QED) is 0.845. The van der Waals surface area contributed by atoms with E-state index >= 15 is 0 Å². The molecule has 0 radical (unpaired) electrons. The van der Waals surface area contributed by atoms with E-state index in [-0.39, 0.29) is 17.7 Å². The van der Waals surface area contributed by atoms with Gasteiger partial charge in [-0.2, -0.15) is 0 Å². The van der Waals surface area contributed by atoms with Crippen LogP contribution in [0.5, 0.6) is 5.88 Å². The van der Waals surface area contributed by atoms with Gasteiger partial charge in [-0.15, -0.1) is 0 Å². The van der Waals surface area contributed by atoms with E-state index in [2.05, 4.69) is 10.3 Å². The average Bonchev–Trinajstić information content (AvgIpc) is 2.95. The smallest absolute Gasteiger partial charge is 0.306 e. The van der Waals surface area contributed by atoms with Crippen molar-refractivity contribution in [1.29, 1.82) is 0 Å². The van der Waals surface area contributed by atoms with Gasteiger partial charge in [-0.05, 0) is 30.9 Å². The summed E-state index contributed by atoms with van der Waals surface area (Å²) in [5.41, 5.74) is 0.901. The van der Waals surface area contributed by atoms with Crippen molar-refractivity contribution in [2.24, 2.45) is 11.8 Å². The number of carboxylic acids is 1. The maximum absolute atomic E-state index is 12.0. The number of aromatic nitrogens is 1. The fourth-order valence-corrected chi connectivity index (χ4v) is 2.45. The van der Waals surface area contributed by atoms with Crippen molar-refractivity contribution in [2.75, 3.05) is 7.11 Å². The number of carboxylic acid groups (broad SMARTS) is 1. The standard InChI is InChI=1S/C14H18N2O4/c1-20-12-6-9(4-5-15-12)8-16-13(17)10-2-3-11(7-10)14(18)19/h4-6,10-11H,2-3,7-8H2,1H3,(H,16,17)(H,18,19). The van der Waals surface area contributed by atoms with Crippen LogP contribution in [0, 0.1) is 11.8 Å². The van der Waals surface area contributed by atoms with E-state index in [1.54, 1.807) is 18.3 Å². The van der Waals surface area contributed by atoms with Crippen molar-refractivity contribution in [3.05, 3.63) is 23.9 Å². The first-order valence-electron chi connectivity index (χ1n) is 6.59. The molecule has 1 aromatic heterocycles. The van der Waals surface area contributed by atoms with Crippen molar-refractivity contribution in [1.82, 2.24) is 10.3 Å². The molecule has 6 nitrogen and oxygen atoms in total. The average molecular weight is 278 g/mol. The van der Waals surface area contributed by atoms with Crippen molar-refractivity contribution in [2.45, 2.75) is 25.8 Å². The van der Waals surface area contributed by atoms with Crippen LogP contribution in [0.4, 0.5) is 0 Å². The first kappa shape index (κ1) is 14.3. The lowest BCUT2D eigenvalue weighted by molar-refractivity contribution is -0.141. The Labute approximate surface area is 117 Å². The zero-order valence-corrected chi connectivity index (χ0v) is 11.3. The van der Waals surface area contributed by atoms with Crippen LogP contribution < -0.4 is 10.1 Å². The fraction of sp³-hybridized carbons (Fsp3) is 0.500. The SMILES string of the molecule is COc1cc(CNC(=O)C2CCC(C(=O)O)C2)ccn1. The molecule has 1 aliphatic rings. The zero-order chi connectivity index (χ0) is 14.5. The third-order valence-electron chi connectivity index (χ3n) is 3.63. The third-order valence-corrected chi connectivity index (χ3v) is 3.63. The van der Waals surface area contributed by atoms with E-state index in [1.165, 1.54) is 7.11 Å². The molecule has 0 aromatic carbocycles. The minimum atomic E-state index is -0.806. The Morgan fingerprint density at radius 2 is 2.20 bits per heavy atom. The highest BCUT2D eigenvalue weighted by Gasteiger charge is 2.33. The highest BCUT2D eigenvalue weighted by atomic mass is 16.5. The summed E-state index contributed by atoms with van der Waals surface area (Å²) in [6, 6.07) is 3.56. The van der Waals surface area contributed by atoms with Crippen molar-refractivity contribution in [3.63, 3.8) is 0 Å². The van der Waals surface area contributed by atoms with Gasteiger partial charge in [-0.3, -0.25) is 9.59 Å². The Balaban J connectivity index is 1.85. The van der Waals surface area contributed by atoms with Crippen LogP contribution in [-0.2, 0) is 16.1 Å². The minimum Gasteiger partial charge on any atom is -0.481 e. The number of aliphatic carboxylic acids is 1. The molecular weight excluding hydrogens is 260 g/mol. The maximum atomic E-state index is 12.0. The van der Waals surface area contributed by atoms with Gasteiger partial charge >= 0.3 is 5.97 Å². The van der Waals surface area contributed by atoms with Crippen LogP contribution >= 0.6 is 0 Å².